The highest BCUT2D eigenvalue weighted by Gasteiger charge is 2.31. The molecule has 0 aliphatic heterocycles. The van der Waals surface area contributed by atoms with E-state index in [0.29, 0.717) is 12.1 Å². The largest absolute Gasteiger partial charge is 0.355 e. The third-order valence-electron chi connectivity index (χ3n) is 3.67. The Morgan fingerprint density at radius 3 is 2.50 bits per heavy atom. The molecule has 1 atom stereocenters. The molecule has 1 aliphatic carbocycles. The lowest BCUT2D eigenvalue weighted by atomic mass is 10.2. The number of nitrogens with one attached hydrogen (secondary N) is 1. The van der Waals surface area contributed by atoms with Crippen LogP contribution in [0.15, 0.2) is 12.1 Å². The molecule has 1 saturated carbocycles. The second-order valence-corrected chi connectivity index (χ2v) is 5.61. The van der Waals surface area contributed by atoms with E-state index in [9.17, 15) is 0 Å². The third-order valence-corrected chi connectivity index (χ3v) is 3.67. The van der Waals surface area contributed by atoms with Gasteiger partial charge in [0.05, 0.1) is 5.69 Å². The van der Waals surface area contributed by atoms with E-state index < -0.39 is 0 Å². The van der Waals surface area contributed by atoms with Crippen molar-refractivity contribution in [3.05, 3.63) is 17.8 Å². The van der Waals surface area contributed by atoms with Crippen molar-refractivity contribution >= 4 is 5.82 Å². The molecule has 18 heavy (non-hydrogen) atoms. The molecule has 1 unspecified atom stereocenters. The molecule has 1 heterocycles. The molecule has 0 spiro atoms. The molecule has 1 aliphatic rings. The topological polar surface area (TPSA) is 41.0 Å². The lowest BCUT2D eigenvalue weighted by molar-refractivity contribution is 0.573. The minimum atomic E-state index is 0.476. The summed E-state index contributed by atoms with van der Waals surface area (Å²) >= 11 is 0. The lowest BCUT2D eigenvalue weighted by Crippen LogP contribution is -2.31. The van der Waals surface area contributed by atoms with Gasteiger partial charge in [-0.3, -0.25) is 0 Å². The first-order chi connectivity index (χ1) is 8.58. The van der Waals surface area contributed by atoms with Gasteiger partial charge in [0.1, 0.15) is 0 Å². The summed E-state index contributed by atoms with van der Waals surface area (Å²) in [4.78, 5) is 2.24. The zero-order valence-corrected chi connectivity index (χ0v) is 11.8. The van der Waals surface area contributed by atoms with Crippen LogP contribution in [-0.4, -0.2) is 29.3 Å². The molecule has 4 heteroatoms. The standard InChI is InChI=1S/C14H24N4/c1-10(2)15-9-13-7-8-14(17-16-13)18(4)11(3)12-5-6-12/h7-8,10-12,15H,5-6,9H2,1-4H3. The maximum absolute atomic E-state index is 4.32. The highest BCUT2D eigenvalue weighted by molar-refractivity contribution is 5.38. The van der Waals surface area contributed by atoms with Crippen molar-refractivity contribution in [3.63, 3.8) is 0 Å². The average molecular weight is 248 g/mol. The molecule has 2 rings (SSSR count). The van der Waals surface area contributed by atoms with Gasteiger partial charge in [-0.15, -0.1) is 5.10 Å². The smallest absolute Gasteiger partial charge is 0.151 e. The van der Waals surface area contributed by atoms with Gasteiger partial charge >= 0.3 is 0 Å². The minimum absolute atomic E-state index is 0.476. The molecule has 1 N–H and O–H groups in total. The zero-order chi connectivity index (χ0) is 13.1. The Morgan fingerprint density at radius 1 is 1.28 bits per heavy atom. The van der Waals surface area contributed by atoms with Crippen LogP contribution in [0, 0.1) is 5.92 Å². The fourth-order valence-electron chi connectivity index (χ4n) is 2.05. The number of rotatable bonds is 6. The molecular weight excluding hydrogens is 224 g/mol. The summed E-state index contributed by atoms with van der Waals surface area (Å²) in [5.41, 5.74) is 1.000. The first-order valence-corrected chi connectivity index (χ1v) is 6.86. The van der Waals surface area contributed by atoms with Gasteiger partial charge in [-0.2, -0.15) is 5.10 Å². The molecule has 1 fully saturated rings. The SMILES string of the molecule is CC(C)NCc1ccc(N(C)C(C)C2CC2)nn1. The Balaban J connectivity index is 1.93. The fourth-order valence-corrected chi connectivity index (χ4v) is 2.05. The summed E-state index contributed by atoms with van der Waals surface area (Å²) in [5, 5.41) is 11.9. The Hall–Kier alpha value is -1.16. The van der Waals surface area contributed by atoms with Gasteiger partial charge < -0.3 is 10.2 Å². The normalized spacial score (nSPS) is 16.9. The van der Waals surface area contributed by atoms with Gasteiger partial charge in [0.25, 0.3) is 0 Å². The van der Waals surface area contributed by atoms with Gasteiger partial charge in [0.2, 0.25) is 0 Å². The van der Waals surface area contributed by atoms with Crippen molar-refractivity contribution in [3.8, 4) is 0 Å². The minimum Gasteiger partial charge on any atom is -0.355 e. The van der Waals surface area contributed by atoms with Crippen molar-refractivity contribution in [2.75, 3.05) is 11.9 Å². The first-order valence-electron chi connectivity index (χ1n) is 6.86. The molecule has 0 bridgehead atoms. The van der Waals surface area contributed by atoms with Crippen LogP contribution in [0.2, 0.25) is 0 Å². The van der Waals surface area contributed by atoms with Crippen LogP contribution in [0.25, 0.3) is 0 Å². The van der Waals surface area contributed by atoms with Gasteiger partial charge in [0.15, 0.2) is 5.82 Å². The Labute approximate surface area is 110 Å². The van der Waals surface area contributed by atoms with Gasteiger partial charge in [0, 0.05) is 25.7 Å². The Bertz CT molecular complexity index is 370. The van der Waals surface area contributed by atoms with Gasteiger partial charge in [-0.25, -0.2) is 0 Å². The van der Waals surface area contributed by atoms with Gasteiger partial charge in [-0.1, -0.05) is 13.8 Å². The number of nitrogens with zero attached hydrogens (tertiary/aromatic N) is 3. The first kappa shape index (κ1) is 13.3. The van der Waals surface area contributed by atoms with Crippen molar-refractivity contribution < 1.29 is 0 Å². The summed E-state index contributed by atoms with van der Waals surface area (Å²) in [6.07, 6.45) is 2.71. The van der Waals surface area contributed by atoms with Crippen molar-refractivity contribution in [1.29, 1.82) is 0 Å². The third kappa shape index (κ3) is 3.42. The molecular formula is C14H24N4. The van der Waals surface area contributed by atoms with Crippen LogP contribution in [0.1, 0.15) is 39.3 Å². The maximum Gasteiger partial charge on any atom is 0.151 e. The molecule has 4 nitrogen and oxygen atoms in total. The fraction of sp³-hybridized carbons (Fsp3) is 0.714. The Kier molecular flexibility index (Phi) is 4.17. The predicted octanol–water partition coefficient (Wildman–Crippen LogP) is 2.21. The maximum atomic E-state index is 4.32. The molecule has 1 aromatic rings. The number of anilines is 1. The highest BCUT2D eigenvalue weighted by atomic mass is 15.3. The highest BCUT2D eigenvalue weighted by Crippen LogP contribution is 2.35. The lowest BCUT2D eigenvalue weighted by Gasteiger charge is -2.25. The van der Waals surface area contributed by atoms with Crippen LogP contribution in [0.4, 0.5) is 5.82 Å². The van der Waals surface area contributed by atoms with Crippen LogP contribution >= 0.6 is 0 Å². The quantitative estimate of drug-likeness (QED) is 0.838. The monoisotopic (exact) mass is 248 g/mol. The van der Waals surface area contributed by atoms with E-state index in [2.05, 4.69) is 60.4 Å². The molecule has 0 saturated heterocycles. The van der Waals surface area contributed by atoms with E-state index in [1.807, 2.05) is 0 Å². The Morgan fingerprint density at radius 2 is 2.00 bits per heavy atom. The van der Waals surface area contributed by atoms with Crippen molar-refractivity contribution in [1.82, 2.24) is 15.5 Å². The van der Waals surface area contributed by atoms with Crippen LogP contribution in [0.5, 0.6) is 0 Å². The van der Waals surface area contributed by atoms with E-state index in [0.717, 1.165) is 24.0 Å². The molecule has 0 aromatic carbocycles. The van der Waals surface area contributed by atoms with Gasteiger partial charge in [-0.05, 0) is 37.8 Å². The van der Waals surface area contributed by atoms with E-state index >= 15 is 0 Å². The van der Waals surface area contributed by atoms with Crippen molar-refractivity contribution in [2.45, 2.75) is 52.2 Å². The van der Waals surface area contributed by atoms with Crippen LogP contribution in [-0.2, 0) is 6.54 Å². The van der Waals surface area contributed by atoms with E-state index in [4.69, 9.17) is 0 Å². The number of hydrogen-bond donors (Lipinski definition) is 1. The second kappa shape index (κ2) is 5.65. The second-order valence-electron chi connectivity index (χ2n) is 5.61. The summed E-state index contributed by atoms with van der Waals surface area (Å²) in [6.45, 7) is 7.32. The molecule has 0 amide bonds. The van der Waals surface area contributed by atoms with E-state index in [-0.39, 0.29) is 0 Å². The summed E-state index contributed by atoms with van der Waals surface area (Å²) in [6, 6.07) is 5.18. The number of hydrogen-bond acceptors (Lipinski definition) is 4. The van der Waals surface area contributed by atoms with Crippen molar-refractivity contribution in [2.24, 2.45) is 5.92 Å². The predicted molar refractivity (Wildman–Crippen MR) is 74.6 cm³/mol. The molecule has 0 radical (unpaired) electrons. The number of aromatic nitrogens is 2. The van der Waals surface area contributed by atoms with E-state index in [1.54, 1.807) is 0 Å². The average Bonchev–Trinajstić information content (AvgIpc) is 3.19. The molecule has 1 aromatic heterocycles. The summed E-state index contributed by atoms with van der Waals surface area (Å²) in [7, 11) is 2.11. The summed E-state index contributed by atoms with van der Waals surface area (Å²) in [5.74, 6) is 1.82. The summed E-state index contributed by atoms with van der Waals surface area (Å²) < 4.78 is 0. The van der Waals surface area contributed by atoms with Crippen LogP contribution < -0.4 is 10.2 Å². The molecule has 100 valence electrons. The zero-order valence-electron chi connectivity index (χ0n) is 11.8. The van der Waals surface area contributed by atoms with Crippen LogP contribution in [0.3, 0.4) is 0 Å². The van der Waals surface area contributed by atoms with E-state index in [1.165, 1.54) is 12.8 Å².